The lowest BCUT2D eigenvalue weighted by molar-refractivity contribution is -0.111. The molecule has 5 atom stereocenters. The molecule has 3 aromatic rings. The van der Waals surface area contributed by atoms with Crippen LogP contribution in [0.5, 0.6) is 0 Å². The van der Waals surface area contributed by atoms with E-state index in [4.69, 9.17) is 14.7 Å². The third kappa shape index (κ3) is 8.10. The van der Waals surface area contributed by atoms with Crippen molar-refractivity contribution in [1.29, 1.82) is 0 Å². The van der Waals surface area contributed by atoms with Gasteiger partial charge < -0.3 is 24.9 Å². The second kappa shape index (κ2) is 16.3. The maximum atomic E-state index is 13.2. The van der Waals surface area contributed by atoms with E-state index < -0.39 is 6.10 Å². The monoisotopic (exact) mass is 728 g/mol. The Bertz CT molecular complexity index is 2000. The van der Waals surface area contributed by atoms with Crippen molar-refractivity contribution in [3.8, 4) is 0 Å². The van der Waals surface area contributed by atoms with Crippen molar-refractivity contribution in [2.45, 2.75) is 110 Å². The maximum absolute atomic E-state index is 13.2. The molecule has 8 nitrogen and oxygen atoms in total. The van der Waals surface area contributed by atoms with Gasteiger partial charge in [-0.2, -0.15) is 0 Å². The Hall–Kier alpha value is -3.15. The first-order chi connectivity index (χ1) is 24.5. The number of thioether (sulfide) groups is 2. The number of nitrogens with one attached hydrogen (secondary N) is 2. The van der Waals surface area contributed by atoms with Gasteiger partial charge in [-0.1, -0.05) is 38.3 Å². The van der Waals surface area contributed by atoms with Crippen molar-refractivity contribution in [3.63, 3.8) is 0 Å². The minimum Gasteiger partial charge on any atom is -0.394 e. The number of aliphatic hydroxyl groups is 2. The second-order valence-corrected chi connectivity index (χ2v) is 16.6. The molecule has 4 N–H and O–H groups in total. The molecule has 0 aliphatic carbocycles. The number of ether oxygens (including phenoxy) is 1. The fourth-order valence-corrected chi connectivity index (χ4v) is 9.79. The number of hydrogen-bond donors (Lipinski definition) is 4. The van der Waals surface area contributed by atoms with Gasteiger partial charge in [-0.25, -0.2) is 4.98 Å². The highest BCUT2D eigenvalue weighted by Crippen LogP contribution is 2.42. The van der Waals surface area contributed by atoms with Crippen molar-refractivity contribution in [1.82, 2.24) is 19.9 Å². The zero-order chi connectivity index (χ0) is 36.4. The molecule has 3 aliphatic rings. The van der Waals surface area contributed by atoms with Crippen molar-refractivity contribution in [2.75, 3.05) is 18.1 Å². The van der Waals surface area contributed by atoms with Gasteiger partial charge in [-0.15, -0.1) is 11.8 Å². The van der Waals surface area contributed by atoms with E-state index in [0.717, 1.165) is 97.9 Å². The highest BCUT2D eigenvalue weighted by Gasteiger charge is 2.32. The molecule has 272 valence electrons. The third-order valence-electron chi connectivity index (χ3n) is 10.7. The molecule has 0 amide bonds. The molecule has 0 aromatic carbocycles. The Morgan fingerprint density at radius 3 is 2.53 bits per heavy atom. The molecular weight excluding hydrogens is 677 g/mol. The number of aryl methyl sites for hydroxylation is 3. The summed E-state index contributed by atoms with van der Waals surface area (Å²) < 4.78 is 5.86. The van der Waals surface area contributed by atoms with Crippen LogP contribution in [-0.2, 0) is 16.0 Å². The van der Waals surface area contributed by atoms with Crippen LogP contribution < -0.4 is 0 Å². The molecule has 6 heterocycles. The van der Waals surface area contributed by atoms with Gasteiger partial charge in [0, 0.05) is 75.9 Å². The normalized spacial score (nSPS) is 21.9. The van der Waals surface area contributed by atoms with Crippen LogP contribution in [0.3, 0.4) is 0 Å². The number of nitrogens with zero attached hydrogens (tertiary/aromatic N) is 2. The minimum atomic E-state index is -0.435. The fourth-order valence-electron chi connectivity index (χ4n) is 7.66. The van der Waals surface area contributed by atoms with E-state index in [1.54, 1.807) is 11.8 Å². The van der Waals surface area contributed by atoms with Crippen LogP contribution in [0.15, 0.2) is 24.8 Å². The molecule has 10 heteroatoms. The zero-order valence-electron chi connectivity index (χ0n) is 30.8. The average Bonchev–Trinajstić information content (AvgIpc) is 3.81. The summed E-state index contributed by atoms with van der Waals surface area (Å²) in [5, 5.41) is 19.7. The summed E-state index contributed by atoms with van der Waals surface area (Å²) in [5.41, 5.74) is 14.9. The zero-order valence-corrected chi connectivity index (χ0v) is 32.4. The topological polar surface area (TPSA) is 124 Å². The Labute approximate surface area is 310 Å². The van der Waals surface area contributed by atoms with E-state index >= 15 is 0 Å². The van der Waals surface area contributed by atoms with Gasteiger partial charge >= 0.3 is 0 Å². The summed E-state index contributed by atoms with van der Waals surface area (Å²) in [6.45, 7) is 17.1. The Kier molecular flexibility index (Phi) is 12.0. The van der Waals surface area contributed by atoms with Gasteiger partial charge in [0.15, 0.2) is 5.12 Å². The van der Waals surface area contributed by atoms with Gasteiger partial charge in [0.05, 0.1) is 30.2 Å². The highest BCUT2D eigenvalue weighted by molar-refractivity contribution is 8.13. The summed E-state index contributed by atoms with van der Waals surface area (Å²) in [7, 11) is 0. The minimum absolute atomic E-state index is 0.0720. The molecule has 1 fully saturated rings. The largest absolute Gasteiger partial charge is 0.394 e. The Balaban J connectivity index is 1.27. The maximum Gasteiger partial charge on any atom is 0.188 e. The molecule has 0 saturated carbocycles. The number of allylic oxidation sites excluding steroid dienone is 1. The molecule has 3 aliphatic heterocycles. The fraction of sp³-hybridized carbons (Fsp3) is 0.488. The quantitative estimate of drug-likeness (QED) is 0.144. The van der Waals surface area contributed by atoms with E-state index in [2.05, 4.69) is 82.4 Å². The summed E-state index contributed by atoms with van der Waals surface area (Å²) >= 11 is 3.07. The van der Waals surface area contributed by atoms with Gasteiger partial charge in [0.25, 0.3) is 0 Å². The summed E-state index contributed by atoms with van der Waals surface area (Å²) in [5.74, 6) is 1.80. The molecule has 3 aromatic heterocycles. The first-order valence-electron chi connectivity index (χ1n) is 18.3. The predicted molar refractivity (Wildman–Crippen MR) is 214 cm³/mol. The van der Waals surface area contributed by atoms with Gasteiger partial charge in [-0.05, 0) is 105 Å². The van der Waals surface area contributed by atoms with Crippen molar-refractivity contribution < 1.29 is 19.7 Å². The van der Waals surface area contributed by atoms with Crippen LogP contribution in [0.4, 0.5) is 0 Å². The van der Waals surface area contributed by atoms with E-state index in [0.29, 0.717) is 19.3 Å². The van der Waals surface area contributed by atoms with E-state index in [9.17, 15) is 15.0 Å². The predicted octanol–water partition coefficient (Wildman–Crippen LogP) is 8.91. The van der Waals surface area contributed by atoms with Gasteiger partial charge in [0.2, 0.25) is 0 Å². The summed E-state index contributed by atoms with van der Waals surface area (Å²) in [6.07, 6.45) is 7.40. The molecule has 0 unspecified atom stereocenters. The lowest BCUT2D eigenvalue weighted by Gasteiger charge is -2.31. The number of carbonyl (C=O) groups is 1. The number of carbonyl (C=O) groups excluding carboxylic acids is 1. The van der Waals surface area contributed by atoms with Crippen molar-refractivity contribution in [2.24, 2.45) is 0 Å². The number of aromatic amines is 2. The first kappa shape index (κ1) is 37.6. The number of hydrogen-bond acceptors (Lipinski definition) is 8. The average molecular weight is 729 g/mol. The van der Waals surface area contributed by atoms with Crippen molar-refractivity contribution in [3.05, 3.63) is 75.4 Å². The Morgan fingerprint density at radius 2 is 1.78 bits per heavy atom. The van der Waals surface area contributed by atoms with Gasteiger partial charge in [-0.3, -0.25) is 9.78 Å². The second-order valence-electron chi connectivity index (χ2n) is 14.2. The molecule has 8 bridgehead atoms. The first-order valence-corrected chi connectivity index (χ1v) is 20.3. The summed E-state index contributed by atoms with van der Waals surface area (Å²) in [4.78, 5) is 31.0. The van der Waals surface area contributed by atoms with Crippen LogP contribution >= 0.6 is 23.5 Å². The number of H-pyrrole nitrogens is 2. The Morgan fingerprint density at radius 1 is 1.02 bits per heavy atom. The SMILES string of the molecule is C=Cc1c(C)c2cc3nc(c(C)c4nc(cc5[nH]c(cc1[nH]2)c(C)c5CC)C(C)=C4)[C@@H](CCC(=O)SCCCS[C@H]1C[C@@H](O)C[C@@H](CO)O1)[C@@H]3C. The molecule has 0 radical (unpaired) electrons. The number of aliphatic hydroxyl groups excluding tert-OH is 2. The standard InChI is InChI=1S/C41H52N4O4S2/c1-8-29-24(5)35-20-38-30(9-2)23(4)34(43-38)19-36-25(6)31(41(45-36)26(7)33-15-22(3)32(42-33)18-37(29)44-35)11-12-39(48)50-13-10-14-51-40-17-27(47)16-28(21-46)49-40/h9,15,18-20,25,27-28,31,40,43-44,46-47H,2,8,10-14,16-17,21H2,1,3-7H3/t25-,27-,28-,31-,40-/m0/s1. The molecule has 0 spiro atoms. The van der Waals surface area contributed by atoms with Gasteiger partial charge in [0.1, 0.15) is 5.44 Å². The highest BCUT2D eigenvalue weighted by atomic mass is 32.2. The van der Waals surface area contributed by atoms with E-state index in [-0.39, 0.29) is 35.1 Å². The van der Waals surface area contributed by atoms with E-state index in [1.807, 2.05) is 6.08 Å². The van der Waals surface area contributed by atoms with Crippen LogP contribution in [0.25, 0.3) is 39.8 Å². The van der Waals surface area contributed by atoms with Crippen LogP contribution in [0.1, 0.15) is 115 Å². The lowest BCUT2D eigenvalue weighted by Crippen LogP contribution is -2.36. The smallest absolute Gasteiger partial charge is 0.188 e. The lowest BCUT2D eigenvalue weighted by atomic mass is 9.86. The third-order valence-corrected chi connectivity index (χ3v) is 13.0. The summed E-state index contributed by atoms with van der Waals surface area (Å²) in [6, 6.07) is 6.55. The molecule has 1 saturated heterocycles. The van der Waals surface area contributed by atoms with E-state index in [1.165, 1.54) is 22.9 Å². The number of aromatic nitrogens is 4. The van der Waals surface area contributed by atoms with Crippen LogP contribution in [0, 0.1) is 20.8 Å². The molecular formula is C41H52N4O4S2. The van der Waals surface area contributed by atoms with Crippen molar-refractivity contribution >= 4 is 68.4 Å². The number of rotatable bonds is 11. The number of fused-ring (bicyclic) bond motifs is 8. The molecule has 51 heavy (non-hydrogen) atoms. The van der Waals surface area contributed by atoms with Crippen LogP contribution in [-0.4, -0.2) is 71.0 Å². The van der Waals surface area contributed by atoms with Crippen LogP contribution in [0.2, 0.25) is 0 Å². The molecule has 6 rings (SSSR count).